The number of halogens is 3. The van der Waals surface area contributed by atoms with E-state index in [4.69, 9.17) is 9.84 Å². The molecule has 0 heterocycles. The Labute approximate surface area is 109 Å². The van der Waals surface area contributed by atoms with Crippen molar-refractivity contribution in [2.75, 3.05) is 0 Å². The molecule has 0 radical (unpaired) electrons. The van der Waals surface area contributed by atoms with E-state index in [9.17, 15) is 22.8 Å². The van der Waals surface area contributed by atoms with Crippen LogP contribution in [0.25, 0.3) is 0 Å². The van der Waals surface area contributed by atoms with Crippen LogP contribution in [0.3, 0.4) is 0 Å². The standard InChI is InChI=1S/C11H18F3NO4/c1-6(11(12,13)14)5-7(8(16)17)15-9(18)19-10(2,3)4/h6-7H,5H2,1-4H3,(H,15,18)(H,16,17)/t6-,7+/m0/s1. The van der Waals surface area contributed by atoms with Gasteiger partial charge in [-0.1, -0.05) is 6.92 Å². The van der Waals surface area contributed by atoms with Gasteiger partial charge in [0.25, 0.3) is 0 Å². The number of hydrogen-bond donors (Lipinski definition) is 2. The molecule has 0 rings (SSSR count). The average molecular weight is 285 g/mol. The number of carboxylic acid groups (broad SMARTS) is 1. The fourth-order valence-corrected chi connectivity index (χ4v) is 1.16. The Hall–Kier alpha value is -1.47. The number of alkyl halides is 3. The summed E-state index contributed by atoms with van der Waals surface area (Å²) in [4.78, 5) is 22.2. The summed E-state index contributed by atoms with van der Waals surface area (Å²) < 4.78 is 41.8. The molecule has 0 aromatic heterocycles. The van der Waals surface area contributed by atoms with Gasteiger partial charge >= 0.3 is 18.2 Å². The number of carboxylic acids is 1. The molecule has 112 valence electrons. The van der Waals surface area contributed by atoms with Crippen LogP contribution in [-0.2, 0) is 9.53 Å². The van der Waals surface area contributed by atoms with Gasteiger partial charge in [-0.3, -0.25) is 0 Å². The Kier molecular flexibility index (Phi) is 5.64. The van der Waals surface area contributed by atoms with E-state index in [-0.39, 0.29) is 0 Å². The van der Waals surface area contributed by atoms with Crippen molar-refractivity contribution in [1.29, 1.82) is 0 Å². The lowest BCUT2D eigenvalue weighted by molar-refractivity contribution is -0.174. The topological polar surface area (TPSA) is 75.6 Å². The van der Waals surface area contributed by atoms with Crippen molar-refractivity contribution in [3.63, 3.8) is 0 Å². The average Bonchev–Trinajstić information content (AvgIpc) is 2.11. The molecule has 0 unspecified atom stereocenters. The Morgan fingerprint density at radius 2 is 1.74 bits per heavy atom. The van der Waals surface area contributed by atoms with Crippen molar-refractivity contribution >= 4 is 12.1 Å². The highest BCUT2D eigenvalue weighted by molar-refractivity contribution is 5.80. The number of alkyl carbamates (subject to hydrolysis) is 1. The highest BCUT2D eigenvalue weighted by Crippen LogP contribution is 2.29. The predicted molar refractivity (Wildman–Crippen MR) is 60.6 cm³/mol. The minimum atomic E-state index is -4.51. The second-order valence-corrected chi connectivity index (χ2v) is 5.22. The molecule has 0 spiro atoms. The number of rotatable bonds is 4. The highest BCUT2D eigenvalue weighted by Gasteiger charge is 2.39. The van der Waals surface area contributed by atoms with E-state index in [1.54, 1.807) is 20.8 Å². The Morgan fingerprint density at radius 3 is 2.05 bits per heavy atom. The van der Waals surface area contributed by atoms with Crippen molar-refractivity contribution in [3.05, 3.63) is 0 Å². The largest absolute Gasteiger partial charge is 0.480 e. The first kappa shape index (κ1) is 17.5. The van der Waals surface area contributed by atoms with Crippen LogP contribution in [-0.4, -0.2) is 35.0 Å². The lowest BCUT2D eigenvalue weighted by Crippen LogP contribution is -2.45. The number of hydrogen-bond acceptors (Lipinski definition) is 3. The van der Waals surface area contributed by atoms with Crippen molar-refractivity contribution in [3.8, 4) is 0 Å². The van der Waals surface area contributed by atoms with E-state index in [1.807, 2.05) is 5.32 Å². The zero-order valence-corrected chi connectivity index (χ0v) is 11.2. The van der Waals surface area contributed by atoms with Gasteiger partial charge in [0.05, 0.1) is 5.92 Å². The summed E-state index contributed by atoms with van der Waals surface area (Å²) in [5.74, 6) is -3.38. The maximum Gasteiger partial charge on any atom is 0.408 e. The third-order valence-corrected chi connectivity index (χ3v) is 2.14. The van der Waals surface area contributed by atoms with Crippen LogP contribution in [0, 0.1) is 5.92 Å². The van der Waals surface area contributed by atoms with Gasteiger partial charge in [-0.2, -0.15) is 13.2 Å². The predicted octanol–water partition coefficient (Wildman–Crippen LogP) is 2.55. The molecule has 0 fully saturated rings. The molecule has 0 aromatic carbocycles. The van der Waals surface area contributed by atoms with E-state index < -0.39 is 42.2 Å². The smallest absolute Gasteiger partial charge is 0.408 e. The van der Waals surface area contributed by atoms with Crippen LogP contribution in [0.2, 0.25) is 0 Å². The molecule has 0 aliphatic carbocycles. The monoisotopic (exact) mass is 285 g/mol. The van der Waals surface area contributed by atoms with Gasteiger partial charge < -0.3 is 15.2 Å². The summed E-state index contributed by atoms with van der Waals surface area (Å²) >= 11 is 0. The number of carbonyl (C=O) groups excluding carboxylic acids is 1. The van der Waals surface area contributed by atoms with Gasteiger partial charge in [-0.25, -0.2) is 9.59 Å². The number of ether oxygens (including phenoxy) is 1. The van der Waals surface area contributed by atoms with Crippen molar-refractivity contribution in [1.82, 2.24) is 5.32 Å². The van der Waals surface area contributed by atoms with Gasteiger partial charge in [0.15, 0.2) is 0 Å². The minimum Gasteiger partial charge on any atom is -0.480 e. The van der Waals surface area contributed by atoms with E-state index in [0.29, 0.717) is 0 Å². The summed E-state index contributed by atoms with van der Waals surface area (Å²) in [6.45, 7) is 5.52. The van der Waals surface area contributed by atoms with Crippen LogP contribution < -0.4 is 5.32 Å². The number of aliphatic carboxylic acids is 1. The van der Waals surface area contributed by atoms with Gasteiger partial charge in [0.1, 0.15) is 11.6 Å². The van der Waals surface area contributed by atoms with Gasteiger partial charge in [0.2, 0.25) is 0 Å². The molecule has 0 aliphatic heterocycles. The van der Waals surface area contributed by atoms with E-state index >= 15 is 0 Å². The Morgan fingerprint density at radius 1 is 1.26 bits per heavy atom. The first-order valence-electron chi connectivity index (χ1n) is 5.62. The molecule has 0 saturated heterocycles. The zero-order valence-electron chi connectivity index (χ0n) is 11.2. The summed E-state index contributed by atoms with van der Waals surface area (Å²) in [7, 11) is 0. The Balaban J connectivity index is 4.60. The van der Waals surface area contributed by atoms with Gasteiger partial charge in [-0.05, 0) is 27.2 Å². The van der Waals surface area contributed by atoms with Crippen LogP contribution in [0.1, 0.15) is 34.1 Å². The molecule has 2 atom stereocenters. The summed E-state index contributed by atoms with van der Waals surface area (Å²) in [5, 5.41) is 10.7. The quantitative estimate of drug-likeness (QED) is 0.832. The molecule has 8 heteroatoms. The zero-order chi connectivity index (χ0) is 15.4. The SMILES string of the molecule is C[C@@H](C[C@@H](NC(=O)OC(C)(C)C)C(=O)O)C(F)(F)F. The first-order valence-corrected chi connectivity index (χ1v) is 5.62. The molecule has 0 saturated carbocycles. The summed E-state index contributed by atoms with van der Waals surface area (Å²) in [5.41, 5.74) is -0.858. The first-order chi connectivity index (χ1) is 8.33. The number of amides is 1. The van der Waals surface area contributed by atoms with E-state index in [1.165, 1.54) is 0 Å². The second-order valence-electron chi connectivity index (χ2n) is 5.22. The molecule has 0 aromatic rings. The molecular weight excluding hydrogens is 267 g/mol. The van der Waals surface area contributed by atoms with E-state index in [0.717, 1.165) is 6.92 Å². The summed E-state index contributed by atoms with van der Waals surface area (Å²) in [6, 6.07) is -1.65. The molecule has 0 aliphatic rings. The van der Waals surface area contributed by atoms with Crippen LogP contribution >= 0.6 is 0 Å². The second kappa shape index (κ2) is 6.12. The number of nitrogens with one attached hydrogen (secondary N) is 1. The molecule has 19 heavy (non-hydrogen) atoms. The van der Waals surface area contributed by atoms with E-state index in [2.05, 4.69) is 0 Å². The fourth-order valence-electron chi connectivity index (χ4n) is 1.16. The molecular formula is C11H18F3NO4. The highest BCUT2D eigenvalue weighted by atomic mass is 19.4. The third kappa shape index (κ3) is 7.53. The summed E-state index contributed by atoms with van der Waals surface area (Å²) in [6.07, 6.45) is -6.32. The maximum absolute atomic E-state index is 12.3. The van der Waals surface area contributed by atoms with Crippen molar-refractivity contribution < 1.29 is 32.6 Å². The fraction of sp³-hybridized carbons (Fsp3) is 0.818. The molecule has 2 N–H and O–H groups in total. The minimum absolute atomic E-state index is 0.752. The van der Waals surface area contributed by atoms with Gasteiger partial charge in [-0.15, -0.1) is 0 Å². The normalized spacial score (nSPS) is 15.5. The van der Waals surface area contributed by atoms with Crippen LogP contribution in [0.5, 0.6) is 0 Å². The number of carbonyl (C=O) groups is 2. The molecule has 0 bridgehead atoms. The lowest BCUT2D eigenvalue weighted by Gasteiger charge is -2.24. The van der Waals surface area contributed by atoms with Gasteiger partial charge in [0, 0.05) is 0 Å². The molecule has 1 amide bonds. The van der Waals surface area contributed by atoms with Crippen LogP contribution in [0.15, 0.2) is 0 Å². The lowest BCUT2D eigenvalue weighted by atomic mass is 10.0. The van der Waals surface area contributed by atoms with Crippen LogP contribution in [0.4, 0.5) is 18.0 Å². The maximum atomic E-state index is 12.3. The Bertz CT molecular complexity index is 336. The van der Waals surface area contributed by atoms with Crippen molar-refractivity contribution in [2.45, 2.75) is 51.9 Å². The van der Waals surface area contributed by atoms with Crippen molar-refractivity contribution in [2.24, 2.45) is 5.92 Å². The third-order valence-electron chi connectivity index (χ3n) is 2.14. The molecule has 5 nitrogen and oxygen atoms in total.